The lowest BCUT2D eigenvalue weighted by atomic mass is 9.60. The lowest BCUT2D eigenvalue weighted by Crippen LogP contribution is -2.75. The normalized spacial score (nSPS) is 15.1. The Bertz CT molecular complexity index is 3750. The molecular weight excluding hydrogens is 803 g/mol. The number of aromatic nitrogens is 1. The second-order valence-electron chi connectivity index (χ2n) is 17.8. The van der Waals surface area contributed by atoms with E-state index in [2.05, 4.69) is 235 Å². The fourth-order valence-electron chi connectivity index (χ4n) is 12.2. The molecule has 2 heterocycles. The molecule has 0 amide bonds. The van der Waals surface area contributed by atoms with E-state index in [9.17, 15) is 0 Å². The van der Waals surface area contributed by atoms with Gasteiger partial charge in [-0.25, -0.2) is 0 Å². The first-order valence-corrected chi connectivity index (χ1v) is 24.7. The Morgan fingerprint density at radius 2 is 0.846 bits per heavy atom. The molecule has 2 atom stereocenters. The van der Waals surface area contributed by atoms with Crippen LogP contribution in [0.3, 0.4) is 0 Å². The van der Waals surface area contributed by atoms with Crippen LogP contribution in [0, 0.1) is 0 Å². The molecule has 65 heavy (non-hydrogen) atoms. The van der Waals surface area contributed by atoms with Gasteiger partial charge in [-0.1, -0.05) is 194 Å². The van der Waals surface area contributed by atoms with Gasteiger partial charge >= 0.3 is 0 Å². The third kappa shape index (κ3) is 5.10. The summed E-state index contributed by atoms with van der Waals surface area (Å²) < 4.78 is 8.80. The van der Waals surface area contributed by atoms with E-state index in [0.29, 0.717) is 0 Å². The Balaban J connectivity index is 1.03. The maximum atomic E-state index is 6.23. The summed E-state index contributed by atoms with van der Waals surface area (Å²) in [6, 6.07) is 88.9. The number of fused-ring (bicyclic) bond motifs is 6. The summed E-state index contributed by atoms with van der Waals surface area (Å²) in [4.78, 5) is 0. The van der Waals surface area contributed by atoms with Crippen molar-refractivity contribution in [2.45, 2.75) is 11.8 Å². The van der Waals surface area contributed by atoms with E-state index in [-0.39, 0.29) is 11.8 Å². The molecule has 15 rings (SSSR count). The lowest BCUT2D eigenvalue weighted by molar-refractivity contribution is 0.669. The topological polar surface area (TPSA) is 18.1 Å². The van der Waals surface area contributed by atoms with Gasteiger partial charge < -0.3 is 8.98 Å². The van der Waals surface area contributed by atoms with Crippen molar-refractivity contribution in [3.63, 3.8) is 0 Å². The Kier molecular flexibility index (Phi) is 7.87. The minimum Gasteiger partial charge on any atom is -0.456 e. The van der Waals surface area contributed by atoms with E-state index in [0.717, 1.165) is 21.9 Å². The number of hydrogen-bond donors (Lipinski definition) is 0. The molecule has 3 heteroatoms. The van der Waals surface area contributed by atoms with Crippen LogP contribution < -0.4 is 20.7 Å². The summed E-state index contributed by atoms with van der Waals surface area (Å²) in [6.45, 7) is 0. The quantitative estimate of drug-likeness (QED) is 0.120. The second-order valence-corrected chi connectivity index (χ2v) is 21.6. The van der Waals surface area contributed by atoms with Crippen molar-refractivity contribution in [3.8, 4) is 16.8 Å². The standard InChI is InChI=1S/C62H41NOSi/c1-4-18-42(19-5-1)65(43-20-6-2-7-21-43,44-22-8-3-9-23-44)58-33-17-29-50-59-47-26-10-11-27-48(47)62(61(50)58)60-49(59)28-16-31-55(60)63-53-30-14-12-24-45(53)51-38-40(34-36-54(51)63)41-35-37-57-52(39-41)46-25-13-15-32-56(46)64-57/h1-39,59,62H. The zero-order chi connectivity index (χ0) is 42.6. The number of furan rings is 1. The predicted molar refractivity (Wildman–Crippen MR) is 272 cm³/mol. The highest BCUT2D eigenvalue weighted by atomic mass is 28.3. The second kappa shape index (κ2) is 14.0. The van der Waals surface area contributed by atoms with Crippen molar-refractivity contribution in [1.29, 1.82) is 0 Å². The van der Waals surface area contributed by atoms with Crippen molar-refractivity contribution >= 4 is 72.6 Å². The molecule has 304 valence electrons. The molecular formula is C62H41NOSi. The summed E-state index contributed by atoms with van der Waals surface area (Å²) in [5.74, 6) is 0.118. The van der Waals surface area contributed by atoms with Gasteiger partial charge in [-0.3, -0.25) is 0 Å². The first-order chi connectivity index (χ1) is 32.3. The molecule has 2 bridgehead atoms. The molecule has 0 fully saturated rings. The largest absolute Gasteiger partial charge is 0.456 e. The fourth-order valence-corrected chi connectivity index (χ4v) is 17.2. The van der Waals surface area contributed by atoms with Crippen LogP contribution in [0.1, 0.15) is 45.2 Å². The highest BCUT2D eigenvalue weighted by Crippen LogP contribution is 2.57. The highest BCUT2D eigenvalue weighted by Gasteiger charge is 2.50. The molecule has 2 aromatic heterocycles. The Labute approximate surface area is 378 Å². The Morgan fingerprint density at radius 3 is 1.55 bits per heavy atom. The van der Waals surface area contributed by atoms with E-state index in [1.54, 1.807) is 0 Å². The number of rotatable bonds is 6. The molecule has 0 saturated carbocycles. The first kappa shape index (κ1) is 36.5. The van der Waals surface area contributed by atoms with Crippen LogP contribution in [0.25, 0.3) is 60.6 Å². The smallest absolute Gasteiger partial charge is 0.179 e. The maximum Gasteiger partial charge on any atom is 0.179 e. The molecule has 0 aliphatic heterocycles. The Morgan fingerprint density at radius 1 is 0.338 bits per heavy atom. The molecule has 2 nitrogen and oxygen atoms in total. The van der Waals surface area contributed by atoms with Crippen molar-refractivity contribution in [2.24, 2.45) is 0 Å². The van der Waals surface area contributed by atoms with E-state index in [4.69, 9.17) is 4.42 Å². The molecule has 0 saturated heterocycles. The fraction of sp³-hybridized carbons (Fsp3) is 0.0323. The Hall–Kier alpha value is -7.98. The molecule has 2 unspecified atom stereocenters. The average Bonchev–Trinajstić information content (AvgIpc) is 3.92. The zero-order valence-electron chi connectivity index (χ0n) is 35.5. The van der Waals surface area contributed by atoms with E-state index < -0.39 is 8.07 Å². The summed E-state index contributed by atoms with van der Waals surface area (Å²) in [6.07, 6.45) is 0. The van der Waals surface area contributed by atoms with E-state index in [1.165, 1.54) is 92.7 Å². The number of benzene rings is 10. The van der Waals surface area contributed by atoms with Gasteiger partial charge in [-0.2, -0.15) is 0 Å². The maximum absolute atomic E-state index is 6.23. The van der Waals surface area contributed by atoms with Crippen LogP contribution in [-0.2, 0) is 0 Å². The lowest BCUT2D eigenvalue weighted by Gasteiger charge is -2.46. The van der Waals surface area contributed by atoms with Crippen LogP contribution in [0.4, 0.5) is 0 Å². The SMILES string of the molecule is c1ccc([Si](c2ccccc2)(c2ccccc2)c2cccc3c2C2c4ccccc4C3c3cccc(-n4c5ccccc5c5cc(-c6ccc7oc8ccccc8c7c6)ccc54)c32)cc1. The van der Waals surface area contributed by atoms with Gasteiger partial charge in [0.25, 0.3) is 0 Å². The third-order valence-electron chi connectivity index (χ3n) is 14.7. The number of nitrogens with zero attached hydrogens (tertiary/aromatic N) is 1. The monoisotopic (exact) mass is 843 g/mol. The van der Waals surface area contributed by atoms with Gasteiger partial charge in [-0.05, 0) is 108 Å². The van der Waals surface area contributed by atoms with Crippen molar-refractivity contribution < 1.29 is 4.42 Å². The molecule has 0 radical (unpaired) electrons. The van der Waals surface area contributed by atoms with Crippen LogP contribution in [-0.4, -0.2) is 12.6 Å². The minimum absolute atomic E-state index is 0.0172. The van der Waals surface area contributed by atoms with E-state index in [1.807, 2.05) is 6.07 Å². The zero-order valence-corrected chi connectivity index (χ0v) is 36.5. The summed E-state index contributed by atoms with van der Waals surface area (Å²) >= 11 is 0. The van der Waals surface area contributed by atoms with Crippen LogP contribution >= 0.6 is 0 Å². The summed E-state index contributed by atoms with van der Waals surface area (Å²) in [5.41, 5.74) is 16.5. The molecule has 10 aromatic carbocycles. The van der Waals surface area contributed by atoms with Gasteiger partial charge in [0.1, 0.15) is 11.2 Å². The average molecular weight is 844 g/mol. The minimum atomic E-state index is -2.91. The molecule has 3 aliphatic carbocycles. The van der Waals surface area contributed by atoms with E-state index >= 15 is 0 Å². The predicted octanol–water partition coefficient (Wildman–Crippen LogP) is 12.7. The van der Waals surface area contributed by atoms with Gasteiger partial charge in [-0.15, -0.1) is 0 Å². The van der Waals surface area contributed by atoms with Crippen LogP contribution in [0.15, 0.2) is 241 Å². The summed E-state index contributed by atoms with van der Waals surface area (Å²) in [7, 11) is -2.91. The molecule has 0 N–H and O–H groups in total. The van der Waals surface area contributed by atoms with Crippen LogP contribution in [0.2, 0.25) is 0 Å². The van der Waals surface area contributed by atoms with Crippen molar-refractivity contribution in [1.82, 2.24) is 4.57 Å². The van der Waals surface area contributed by atoms with Gasteiger partial charge in [0, 0.05) is 33.4 Å². The number of para-hydroxylation sites is 2. The van der Waals surface area contributed by atoms with Crippen molar-refractivity contribution in [3.05, 3.63) is 270 Å². The molecule has 0 spiro atoms. The first-order valence-electron chi connectivity index (χ1n) is 22.7. The highest BCUT2D eigenvalue weighted by molar-refractivity contribution is 7.20. The van der Waals surface area contributed by atoms with Gasteiger partial charge in [0.05, 0.1) is 16.7 Å². The summed E-state index contributed by atoms with van der Waals surface area (Å²) in [5, 5.41) is 10.4. The third-order valence-corrected chi connectivity index (χ3v) is 19.6. The van der Waals surface area contributed by atoms with Gasteiger partial charge in [0.2, 0.25) is 0 Å². The molecule has 3 aliphatic rings. The van der Waals surface area contributed by atoms with Crippen LogP contribution in [0.5, 0.6) is 0 Å². The van der Waals surface area contributed by atoms with Gasteiger partial charge in [0.15, 0.2) is 8.07 Å². The van der Waals surface area contributed by atoms with Crippen molar-refractivity contribution in [2.75, 3.05) is 0 Å². The molecule has 12 aromatic rings. The number of hydrogen-bond acceptors (Lipinski definition) is 1.